The summed E-state index contributed by atoms with van der Waals surface area (Å²) in [4.78, 5) is 6.21. The fraction of sp³-hybridized carbons (Fsp3) is 0.276. The van der Waals surface area contributed by atoms with Crippen molar-refractivity contribution in [2.75, 3.05) is 26.2 Å². The van der Waals surface area contributed by atoms with Crippen molar-refractivity contribution in [2.24, 2.45) is 0 Å². The molecule has 0 saturated carbocycles. The number of piperazine rings is 1. The van der Waals surface area contributed by atoms with Crippen LogP contribution in [0.1, 0.15) is 27.8 Å². The van der Waals surface area contributed by atoms with Crippen LogP contribution in [0.15, 0.2) is 72.8 Å². The maximum Gasteiger partial charge on any atom is 0.120 e. The average Bonchev–Trinajstić information content (AvgIpc) is 3.23. The molecule has 3 nitrogen and oxygen atoms in total. The van der Waals surface area contributed by atoms with Gasteiger partial charge in [-0.25, -0.2) is 0 Å². The second-order valence-corrected chi connectivity index (χ2v) is 12.1. The van der Waals surface area contributed by atoms with Crippen LogP contribution >= 0.6 is 32.9 Å². The third-order valence-electron chi connectivity index (χ3n) is 6.80. The highest BCUT2D eigenvalue weighted by atomic mass is 32.9. The molecule has 2 heterocycles. The summed E-state index contributed by atoms with van der Waals surface area (Å²) < 4.78 is 0.966. The molecule has 1 saturated heterocycles. The molecule has 0 bridgehead atoms. The Morgan fingerprint density at radius 3 is 2.17 bits per heavy atom. The number of benzene rings is 3. The molecule has 3 aromatic carbocycles. The minimum atomic E-state index is 0.375. The van der Waals surface area contributed by atoms with Crippen molar-refractivity contribution in [3.05, 3.63) is 104 Å². The van der Waals surface area contributed by atoms with E-state index in [9.17, 15) is 5.11 Å². The van der Waals surface area contributed by atoms with E-state index >= 15 is 0 Å². The Morgan fingerprint density at radius 1 is 0.800 bits per heavy atom. The van der Waals surface area contributed by atoms with Crippen LogP contribution in [0.4, 0.5) is 0 Å². The van der Waals surface area contributed by atoms with Crippen LogP contribution in [-0.2, 0) is 19.5 Å². The van der Waals surface area contributed by atoms with Gasteiger partial charge >= 0.3 is 0 Å². The summed E-state index contributed by atoms with van der Waals surface area (Å²) in [6, 6.07) is 25.2. The quantitative estimate of drug-likeness (QED) is 0.208. The number of hydrogen-bond donors (Lipinski definition) is 1. The number of phenolic OH excluding ortho intramolecular Hbond substituents is 1. The number of aryl methyl sites for hydroxylation is 1. The van der Waals surface area contributed by atoms with Crippen molar-refractivity contribution < 1.29 is 5.11 Å². The fourth-order valence-electron chi connectivity index (χ4n) is 4.68. The van der Waals surface area contributed by atoms with Gasteiger partial charge in [0, 0.05) is 56.8 Å². The lowest BCUT2D eigenvalue weighted by molar-refractivity contribution is 0.121. The summed E-state index contributed by atoms with van der Waals surface area (Å²) in [6.45, 7) is 8.06. The number of nitrogens with zero attached hydrogens (tertiary/aromatic N) is 2. The first-order valence-corrected chi connectivity index (χ1v) is 14.6. The number of hydrogen-bond acceptors (Lipinski definition) is 6. The highest BCUT2D eigenvalue weighted by Gasteiger charge is 2.20. The van der Waals surface area contributed by atoms with Crippen LogP contribution in [0.25, 0.3) is 10.4 Å². The first-order chi connectivity index (χ1) is 17.1. The van der Waals surface area contributed by atoms with Gasteiger partial charge in [-0.05, 0) is 47.4 Å². The Morgan fingerprint density at radius 2 is 1.46 bits per heavy atom. The predicted octanol–water partition coefficient (Wildman–Crippen LogP) is 7.13. The molecule has 1 N–H and O–H groups in total. The molecule has 0 aliphatic carbocycles. The normalized spacial score (nSPS) is 14.9. The van der Waals surface area contributed by atoms with Crippen molar-refractivity contribution in [3.63, 3.8) is 0 Å². The molecule has 0 spiro atoms. The maximum absolute atomic E-state index is 10.6. The molecule has 1 aliphatic rings. The molecule has 5 rings (SSSR count). The molecule has 35 heavy (non-hydrogen) atoms. The van der Waals surface area contributed by atoms with Gasteiger partial charge in [0.15, 0.2) is 0 Å². The van der Waals surface area contributed by atoms with Gasteiger partial charge in [0.1, 0.15) is 9.57 Å². The zero-order chi connectivity index (χ0) is 24.2. The Hall–Kier alpha value is -2.35. The minimum Gasteiger partial charge on any atom is -0.508 e. The molecule has 0 unspecified atom stereocenters. The van der Waals surface area contributed by atoms with Gasteiger partial charge in [0.25, 0.3) is 0 Å². The highest BCUT2D eigenvalue weighted by Crippen LogP contribution is 2.38. The van der Waals surface area contributed by atoms with Crippen molar-refractivity contribution >= 4 is 32.9 Å². The van der Waals surface area contributed by atoms with E-state index in [2.05, 4.69) is 71.3 Å². The van der Waals surface area contributed by atoms with E-state index < -0.39 is 0 Å². The monoisotopic (exact) mass is 518 g/mol. The molecular formula is C29H30N2OS3. The average molecular weight is 519 g/mol. The Balaban J connectivity index is 1.27. The van der Waals surface area contributed by atoms with E-state index in [1.54, 1.807) is 20.7 Å². The topological polar surface area (TPSA) is 26.7 Å². The molecule has 0 amide bonds. The van der Waals surface area contributed by atoms with Gasteiger partial charge in [-0.1, -0.05) is 87.5 Å². The van der Waals surface area contributed by atoms with E-state index in [4.69, 9.17) is 12.2 Å². The van der Waals surface area contributed by atoms with Crippen molar-refractivity contribution in [3.8, 4) is 16.2 Å². The lowest BCUT2D eigenvalue weighted by Crippen LogP contribution is -2.45. The lowest BCUT2D eigenvalue weighted by Gasteiger charge is -2.35. The van der Waals surface area contributed by atoms with E-state index in [1.807, 2.05) is 18.2 Å². The van der Waals surface area contributed by atoms with E-state index in [1.165, 1.54) is 27.1 Å². The summed E-state index contributed by atoms with van der Waals surface area (Å²) in [5.74, 6) is 0.375. The van der Waals surface area contributed by atoms with Crippen LogP contribution in [-0.4, -0.2) is 41.1 Å². The van der Waals surface area contributed by atoms with Gasteiger partial charge in [-0.2, -0.15) is 0 Å². The van der Waals surface area contributed by atoms with Crippen molar-refractivity contribution in [2.45, 2.75) is 26.4 Å². The molecule has 1 aromatic heterocycles. The van der Waals surface area contributed by atoms with Crippen LogP contribution in [0, 0.1) is 10.7 Å². The van der Waals surface area contributed by atoms with E-state index in [-0.39, 0.29) is 0 Å². The van der Waals surface area contributed by atoms with E-state index in [0.717, 1.165) is 60.6 Å². The predicted molar refractivity (Wildman–Crippen MR) is 151 cm³/mol. The van der Waals surface area contributed by atoms with Gasteiger partial charge in [-0.15, -0.1) is 0 Å². The zero-order valence-electron chi connectivity index (χ0n) is 19.9. The highest BCUT2D eigenvalue weighted by molar-refractivity contribution is 7.80. The largest absolute Gasteiger partial charge is 0.508 e. The van der Waals surface area contributed by atoms with Crippen LogP contribution in [0.5, 0.6) is 5.75 Å². The molecular weight excluding hydrogens is 489 g/mol. The van der Waals surface area contributed by atoms with Crippen LogP contribution < -0.4 is 0 Å². The van der Waals surface area contributed by atoms with Crippen molar-refractivity contribution in [1.29, 1.82) is 0 Å². The number of rotatable bonds is 7. The number of aromatic hydroxyl groups is 1. The SMILES string of the molecule is Cc1ccccc1CN1CCN(Cc2cc(-c3ssc(=S)c3Cc3ccccc3)ccc2O)CC1. The Kier molecular flexibility index (Phi) is 7.75. The minimum absolute atomic E-state index is 0.375. The van der Waals surface area contributed by atoms with Gasteiger partial charge in [-0.3, -0.25) is 9.80 Å². The molecule has 1 fully saturated rings. The van der Waals surface area contributed by atoms with Crippen LogP contribution in [0.3, 0.4) is 0 Å². The summed E-state index contributed by atoms with van der Waals surface area (Å²) >= 11 is 5.69. The molecule has 6 heteroatoms. The second-order valence-electron chi connectivity index (χ2n) is 9.25. The van der Waals surface area contributed by atoms with Crippen LogP contribution in [0.2, 0.25) is 0 Å². The first-order valence-electron chi connectivity index (χ1n) is 12.0. The Bertz CT molecular complexity index is 1340. The summed E-state index contributed by atoms with van der Waals surface area (Å²) in [6.07, 6.45) is 0.841. The maximum atomic E-state index is 10.6. The smallest absolute Gasteiger partial charge is 0.120 e. The summed E-state index contributed by atoms with van der Waals surface area (Å²) in [7, 11) is 3.42. The van der Waals surface area contributed by atoms with E-state index in [0.29, 0.717) is 5.75 Å². The molecule has 1 aliphatic heterocycles. The molecule has 180 valence electrons. The summed E-state index contributed by atoms with van der Waals surface area (Å²) in [5.41, 5.74) is 7.41. The Labute approximate surface area is 220 Å². The third-order valence-corrected chi connectivity index (χ3v) is 9.99. The van der Waals surface area contributed by atoms with Crippen molar-refractivity contribution in [1.82, 2.24) is 9.80 Å². The number of phenols is 1. The molecule has 4 aromatic rings. The zero-order valence-corrected chi connectivity index (χ0v) is 22.4. The van der Waals surface area contributed by atoms with Gasteiger partial charge in [0.2, 0.25) is 0 Å². The molecule has 0 radical (unpaired) electrons. The summed E-state index contributed by atoms with van der Waals surface area (Å²) in [5, 5.41) is 10.6. The fourth-order valence-corrected chi connectivity index (χ4v) is 7.59. The first kappa shape index (κ1) is 24.3. The van der Waals surface area contributed by atoms with Gasteiger partial charge < -0.3 is 5.11 Å². The third kappa shape index (κ3) is 5.90. The lowest BCUT2D eigenvalue weighted by atomic mass is 10.0. The standard InChI is InChI=1S/C29H30N2OS3/c1-21-7-5-6-10-24(21)19-30-13-15-31(16-14-30)20-25-18-23(11-12-27(25)32)28-26(29(33)35-34-28)17-22-8-3-2-4-9-22/h2-12,18,32H,13-17,19-20H2,1H3. The second kappa shape index (κ2) is 11.1. The van der Waals surface area contributed by atoms with Gasteiger partial charge in [0.05, 0.1) is 4.88 Å². The molecule has 0 atom stereocenters.